The summed E-state index contributed by atoms with van der Waals surface area (Å²) in [5.74, 6) is 0.157. The lowest BCUT2D eigenvalue weighted by Crippen LogP contribution is -2.33. The number of aromatic nitrogens is 1. The van der Waals surface area contributed by atoms with Gasteiger partial charge in [0, 0.05) is 12.2 Å². The Morgan fingerprint density at radius 2 is 2.16 bits per heavy atom. The van der Waals surface area contributed by atoms with Crippen LogP contribution in [0.4, 0.5) is 5.82 Å². The molecule has 0 atom stereocenters. The zero-order valence-corrected chi connectivity index (χ0v) is 11.5. The van der Waals surface area contributed by atoms with E-state index in [1.54, 1.807) is 12.1 Å². The van der Waals surface area contributed by atoms with Crippen molar-refractivity contribution >= 4 is 11.8 Å². The standard InChI is InChI=1S/C14H21N3O2/c1-10-3-4-12(14(18)19)13(16-10)15-9-11-5-7-17(2)8-6-11/h3-4,11H,5-9H2,1-2H3,(H,15,16)(H,18,19). The number of piperidine rings is 1. The van der Waals surface area contributed by atoms with E-state index in [9.17, 15) is 4.79 Å². The van der Waals surface area contributed by atoms with Gasteiger partial charge < -0.3 is 15.3 Å². The van der Waals surface area contributed by atoms with Crippen LogP contribution in [0.15, 0.2) is 12.1 Å². The fraction of sp³-hybridized carbons (Fsp3) is 0.571. The molecule has 0 spiro atoms. The predicted octanol–water partition coefficient (Wildman–Crippen LogP) is 1.84. The normalized spacial score (nSPS) is 17.4. The molecule has 1 aromatic heterocycles. The topological polar surface area (TPSA) is 65.5 Å². The number of anilines is 1. The number of aromatic carboxylic acids is 1. The summed E-state index contributed by atoms with van der Waals surface area (Å²) in [6, 6.07) is 3.34. The number of rotatable bonds is 4. The van der Waals surface area contributed by atoms with E-state index in [0.29, 0.717) is 11.7 Å². The second-order valence-corrected chi connectivity index (χ2v) is 5.28. The van der Waals surface area contributed by atoms with E-state index < -0.39 is 5.97 Å². The number of likely N-dealkylation sites (tertiary alicyclic amines) is 1. The number of carbonyl (C=O) groups is 1. The van der Waals surface area contributed by atoms with Gasteiger partial charge in [-0.05, 0) is 58.0 Å². The molecule has 2 heterocycles. The molecular formula is C14H21N3O2. The number of hydrogen-bond acceptors (Lipinski definition) is 4. The van der Waals surface area contributed by atoms with Gasteiger partial charge in [0.2, 0.25) is 0 Å². The number of nitrogens with zero attached hydrogens (tertiary/aromatic N) is 2. The van der Waals surface area contributed by atoms with Gasteiger partial charge in [-0.15, -0.1) is 0 Å². The lowest BCUT2D eigenvalue weighted by atomic mass is 9.97. The van der Waals surface area contributed by atoms with Crippen molar-refractivity contribution in [3.8, 4) is 0 Å². The predicted molar refractivity (Wildman–Crippen MR) is 74.6 cm³/mol. The molecule has 5 heteroatoms. The highest BCUT2D eigenvalue weighted by atomic mass is 16.4. The van der Waals surface area contributed by atoms with E-state index in [1.807, 2.05) is 6.92 Å². The largest absolute Gasteiger partial charge is 0.478 e. The van der Waals surface area contributed by atoms with Crippen molar-refractivity contribution in [3.05, 3.63) is 23.4 Å². The Labute approximate surface area is 113 Å². The van der Waals surface area contributed by atoms with Crippen LogP contribution in [0.25, 0.3) is 0 Å². The maximum atomic E-state index is 11.1. The van der Waals surface area contributed by atoms with Crippen LogP contribution < -0.4 is 5.32 Å². The fourth-order valence-electron chi connectivity index (χ4n) is 2.37. The highest BCUT2D eigenvalue weighted by Gasteiger charge is 2.18. The second kappa shape index (κ2) is 6.02. The Morgan fingerprint density at radius 1 is 1.47 bits per heavy atom. The van der Waals surface area contributed by atoms with Gasteiger partial charge in [0.15, 0.2) is 0 Å². The lowest BCUT2D eigenvalue weighted by Gasteiger charge is -2.29. The summed E-state index contributed by atoms with van der Waals surface area (Å²) in [6.07, 6.45) is 2.30. The van der Waals surface area contributed by atoms with E-state index in [4.69, 9.17) is 5.11 Å². The minimum absolute atomic E-state index is 0.249. The highest BCUT2D eigenvalue weighted by Crippen LogP contribution is 2.19. The van der Waals surface area contributed by atoms with Crippen LogP contribution in [0.1, 0.15) is 28.9 Å². The number of carboxylic acid groups (broad SMARTS) is 1. The number of nitrogens with one attached hydrogen (secondary N) is 1. The number of pyridine rings is 1. The third kappa shape index (κ3) is 3.67. The fourth-order valence-corrected chi connectivity index (χ4v) is 2.37. The van der Waals surface area contributed by atoms with Crippen LogP contribution in [-0.2, 0) is 0 Å². The summed E-state index contributed by atoms with van der Waals surface area (Å²) in [4.78, 5) is 17.8. The van der Waals surface area contributed by atoms with Crippen molar-refractivity contribution in [1.29, 1.82) is 0 Å². The molecule has 1 aliphatic rings. The molecule has 0 bridgehead atoms. The number of aryl methyl sites for hydroxylation is 1. The van der Waals surface area contributed by atoms with Crippen LogP contribution in [0.2, 0.25) is 0 Å². The Morgan fingerprint density at radius 3 is 2.79 bits per heavy atom. The van der Waals surface area contributed by atoms with E-state index in [-0.39, 0.29) is 5.56 Å². The zero-order valence-electron chi connectivity index (χ0n) is 11.5. The average molecular weight is 263 g/mol. The summed E-state index contributed by atoms with van der Waals surface area (Å²) in [7, 11) is 2.13. The molecule has 1 aromatic rings. The van der Waals surface area contributed by atoms with Gasteiger partial charge in [-0.25, -0.2) is 9.78 Å². The zero-order chi connectivity index (χ0) is 13.8. The summed E-state index contributed by atoms with van der Waals surface area (Å²) in [5, 5.41) is 12.4. The van der Waals surface area contributed by atoms with Crippen molar-refractivity contribution < 1.29 is 9.90 Å². The van der Waals surface area contributed by atoms with Crippen LogP contribution in [-0.4, -0.2) is 47.6 Å². The molecule has 0 aromatic carbocycles. The monoisotopic (exact) mass is 263 g/mol. The summed E-state index contributed by atoms with van der Waals surface area (Å²) in [6.45, 7) is 4.88. The third-order valence-electron chi connectivity index (χ3n) is 3.66. The first-order valence-electron chi connectivity index (χ1n) is 6.69. The van der Waals surface area contributed by atoms with Crippen LogP contribution in [0, 0.1) is 12.8 Å². The Bertz CT molecular complexity index is 454. The molecule has 1 saturated heterocycles. The molecule has 19 heavy (non-hydrogen) atoms. The van der Waals surface area contributed by atoms with Crippen molar-refractivity contribution in [2.24, 2.45) is 5.92 Å². The Balaban J connectivity index is 1.98. The number of hydrogen-bond donors (Lipinski definition) is 2. The van der Waals surface area contributed by atoms with Crippen molar-refractivity contribution in [1.82, 2.24) is 9.88 Å². The molecule has 0 radical (unpaired) electrons. The minimum Gasteiger partial charge on any atom is -0.478 e. The summed E-state index contributed by atoms with van der Waals surface area (Å²) in [5.41, 5.74) is 1.08. The van der Waals surface area contributed by atoms with Crippen LogP contribution in [0.5, 0.6) is 0 Å². The van der Waals surface area contributed by atoms with Crippen molar-refractivity contribution in [2.45, 2.75) is 19.8 Å². The summed E-state index contributed by atoms with van der Waals surface area (Å²) < 4.78 is 0. The lowest BCUT2D eigenvalue weighted by molar-refractivity contribution is 0.0697. The maximum Gasteiger partial charge on any atom is 0.339 e. The first-order valence-corrected chi connectivity index (χ1v) is 6.69. The van der Waals surface area contributed by atoms with Gasteiger partial charge in [-0.1, -0.05) is 0 Å². The Kier molecular flexibility index (Phi) is 4.37. The van der Waals surface area contributed by atoms with E-state index in [2.05, 4.69) is 22.2 Å². The molecular weight excluding hydrogens is 242 g/mol. The quantitative estimate of drug-likeness (QED) is 0.867. The van der Waals surface area contributed by atoms with Gasteiger partial charge in [0.1, 0.15) is 11.4 Å². The molecule has 0 unspecified atom stereocenters. The first kappa shape index (κ1) is 13.8. The molecule has 2 N–H and O–H groups in total. The van der Waals surface area contributed by atoms with Gasteiger partial charge in [-0.2, -0.15) is 0 Å². The molecule has 1 aliphatic heterocycles. The average Bonchev–Trinajstić information content (AvgIpc) is 2.38. The van der Waals surface area contributed by atoms with E-state index in [1.165, 1.54) is 0 Å². The van der Waals surface area contributed by atoms with Crippen molar-refractivity contribution in [2.75, 3.05) is 32.0 Å². The van der Waals surface area contributed by atoms with Gasteiger partial charge in [-0.3, -0.25) is 0 Å². The minimum atomic E-state index is -0.932. The maximum absolute atomic E-state index is 11.1. The second-order valence-electron chi connectivity index (χ2n) is 5.28. The third-order valence-corrected chi connectivity index (χ3v) is 3.66. The molecule has 0 amide bonds. The molecule has 2 rings (SSSR count). The molecule has 104 valence electrons. The van der Waals surface area contributed by atoms with Crippen LogP contribution >= 0.6 is 0 Å². The van der Waals surface area contributed by atoms with Gasteiger partial charge in [0.25, 0.3) is 0 Å². The highest BCUT2D eigenvalue weighted by molar-refractivity contribution is 5.93. The number of carboxylic acids is 1. The first-order chi connectivity index (χ1) is 9.06. The van der Waals surface area contributed by atoms with Gasteiger partial charge in [0.05, 0.1) is 0 Å². The summed E-state index contributed by atoms with van der Waals surface area (Å²) >= 11 is 0. The van der Waals surface area contributed by atoms with E-state index in [0.717, 1.165) is 38.2 Å². The SMILES string of the molecule is Cc1ccc(C(=O)O)c(NCC2CCN(C)CC2)n1. The van der Waals surface area contributed by atoms with Crippen molar-refractivity contribution in [3.63, 3.8) is 0 Å². The molecule has 5 nitrogen and oxygen atoms in total. The van der Waals surface area contributed by atoms with Crippen LogP contribution in [0.3, 0.4) is 0 Å². The molecule has 0 saturated carbocycles. The Hall–Kier alpha value is -1.62. The van der Waals surface area contributed by atoms with E-state index >= 15 is 0 Å². The smallest absolute Gasteiger partial charge is 0.339 e. The molecule has 0 aliphatic carbocycles. The van der Waals surface area contributed by atoms with Gasteiger partial charge >= 0.3 is 5.97 Å². The molecule has 1 fully saturated rings.